The lowest BCUT2D eigenvalue weighted by Gasteiger charge is -2.23. The predicted molar refractivity (Wildman–Crippen MR) is 126 cm³/mol. The van der Waals surface area contributed by atoms with Crippen molar-refractivity contribution in [3.63, 3.8) is 0 Å². The lowest BCUT2D eigenvalue weighted by molar-refractivity contribution is -0.138. The molecule has 0 atom stereocenters. The Morgan fingerprint density at radius 1 is 1.00 bits per heavy atom. The lowest BCUT2D eigenvalue weighted by Crippen LogP contribution is -2.30. The van der Waals surface area contributed by atoms with Gasteiger partial charge in [0, 0.05) is 18.7 Å². The van der Waals surface area contributed by atoms with Crippen LogP contribution in [-0.2, 0) is 34.0 Å². The Morgan fingerprint density at radius 3 is 2.28 bits per heavy atom. The van der Waals surface area contributed by atoms with Gasteiger partial charge in [-0.05, 0) is 60.2 Å². The van der Waals surface area contributed by atoms with Crippen molar-refractivity contribution in [3.8, 4) is 17.2 Å². The maximum atomic E-state index is 13.5. The summed E-state index contributed by atoms with van der Waals surface area (Å²) in [5.41, 5.74) is -0.527. The average Bonchev–Trinajstić information content (AvgIpc) is 2.82. The molecule has 1 N–H and O–H groups in total. The highest BCUT2D eigenvalue weighted by molar-refractivity contribution is 7.89. The van der Waals surface area contributed by atoms with Crippen molar-refractivity contribution in [2.45, 2.75) is 31.0 Å². The minimum Gasteiger partial charge on any atom is -0.497 e. The van der Waals surface area contributed by atoms with Crippen molar-refractivity contribution in [1.29, 1.82) is 0 Å². The summed E-state index contributed by atoms with van der Waals surface area (Å²) < 4.78 is 78.7. The first kappa shape index (κ1) is 27.0. The van der Waals surface area contributed by atoms with Gasteiger partial charge in [0.1, 0.15) is 17.2 Å². The van der Waals surface area contributed by atoms with Gasteiger partial charge in [0.15, 0.2) is 0 Å². The van der Waals surface area contributed by atoms with Gasteiger partial charge in [-0.2, -0.15) is 17.5 Å². The molecule has 0 aliphatic heterocycles. The molecule has 3 aromatic rings. The van der Waals surface area contributed by atoms with Crippen LogP contribution in [0.2, 0.25) is 0 Å². The topological polar surface area (TPSA) is 93.1 Å². The number of alkyl halides is 3. The van der Waals surface area contributed by atoms with Gasteiger partial charge in [-0.25, -0.2) is 8.42 Å². The van der Waals surface area contributed by atoms with Gasteiger partial charge in [-0.3, -0.25) is 4.79 Å². The minimum atomic E-state index is -4.65. The molecule has 192 valence electrons. The van der Waals surface area contributed by atoms with E-state index < -0.39 is 27.7 Å². The SMILES string of the molecule is CCN(Cc1cc(C(F)(F)F)ccc1Oc1cccc(CC(=O)O)c1)S(=O)(=O)c1ccc(OC)cc1. The standard InChI is InChI=1S/C25H24F3NO6S/c1-3-29(36(32,33)22-10-8-20(34-2)9-11-22)16-18-15-19(25(26,27)28)7-12-23(18)35-21-6-4-5-17(13-21)14-24(30)31/h4-13,15H,3,14,16H2,1-2H3,(H,30,31). The third-order valence-corrected chi connectivity index (χ3v) is 7.20. The molecule has 36 heavy (non-hydrogen) atoms. The molecule has 0 radical (unpaired) electrons. The van der Waals surface area contributed by atoms with E-state index in [1.807, 2.05) is 0 Å². The van der Waals surface area contributed by atoms with Crippen LogP contribution in [0.1, 0.15) is 23.6 Å². The van der Waals surface area contributed by atoms with Crippen molar-refractivity contribution >= 4 is 16.0 Å². The van der Waals surface area contributed by atoms with Crippen LogP contribution < -0.4 is 9.47 Å². The number of rotatable bonds is 10. The summed E-state index contributed by atoms with van der Waals surface area (Å²) in [6.07, 6.45) is -4.92. The fourth-order valence-corrected chi connectivity index (χ4v) is 4.88. The number of halogens is 3. The van der Waals surface area contributed by atoms with E-state index in [1.54, 1.807) is 19.1 Å². The molecule has 0 fully saturated rings. The van der Waals surface area contributed by atoms with Crippen molar-refractivity contribution in [3.05, 3.63) is 83.4 Å². The number of hydrogen-bond donors (Lipinski definition) is 1. The summed E-state index contributed by atoms with van der Waals surface area (Å²) in [6, 6.07) is 14.6. The van der Waals surface area contributed by atoms with E-state index in [-0.39, 0.29) is 41.5 Å². The van der Waals surface area contributed by atoms with Gasteiger partial charge in [-0.15, -0.1) is 0 Å². The van der Waals surface area contributed by atoms with Crippen LogP contribution in [0.4, 0.5) is 13.2 Å². The Labute approximate surface area is 206 Å². The van der Waals surface area contributed by atoms with Crippen molar-refractivity contribution in [2.24, 2.45) is 0 Å². The molecule has 0 saturated heterocycles. The van der Waals surface area contributed by atoms with Crippen LogP contribution in [-0.4, -0.2) is 37.5 Å². The first-order chi connectivity index (χ1) is 16.9. The number of hydrogen-bond acceptors (Lipinski definition) is 5. The number of methoxy groups -OCH3 is 1. The molecule has 0 spiro atoms. The number of carboxylic acid groups (broad SMARTS) is 1. The van der Waals surface area contributed by atoms with Gasteiger partial charge in [0.05, 0.1) is 24.0 Å². The Kier molecular flexibility index (Phi) is 8.26. The van der Waals surface area contributed by atoms with Crippen LogP contribution in [0.3, 0.4) is 0 Å². The van der Waals surface area contributed by atoms with Gasteiger partial charge in [0.2, 0.25) is 10.0 Å². The first-order valence-corrected chi connectivity index (χ1v) is 12.2. The second kappa shape index (κ2) is 11.0. The van der Waals surface area contributed by atoms with E-state index in [4.69, 9.17) is 14.6 Å². The second-order valence-corrected chi connectivity index (χ2v) is 9.68. The summed E-state index contributed by atoms with van der Waals surface area (Å²) >= 11 is 0. The van der Waals surface area contributed by atoms with E-state index in [1.165, 1.54) is 43.5 Å². The van der Waals surface area contributed by atoms with Gasteiger partial charge in [-0.1, -0.05) is 19.1 Å². The summed E-state index contributed by atoms with van der Waals surface area (Å²) in [6.45, 7) is 1.17. The molecule has 0 aliphatic carbocycles. The quantitative estimate of drug-likeness (QED) is 0.386. The van der Waals surface area contributed by atoms with E-state index >= 15 is 0 Å². The summed E-state index contributed by atoms with van der Waals surface area (Å²) in [7, 11) is -2.62. The number of nitrogens with zero attached hydrogens (tertiary/aromatic N) is 1. The molecule has 7 nitrogen and oxygen atoms in total. The van der Waals surface area contributed by atoms with Crippen LogP contribution in [0.15, 0.2) is 71.6 Å². The molecular weight excluding hydrogens is 499 g/mol. The molecular formula is C25H24F3NO6S. The molecule has 3 rings (SSSR count). The Balaban J connectivity index is 1.99. The zero-order valence-corrected chi connectivity index (χ0v) is 20.3. The summed E-state index contributed by atoms with van der Waals surface area (Å²) in [4.78, 5) is 11.0. The molecule has 11 heteroatoms. The molecule has 0 aliphatic rings. The molecule has 0 saturated carbocycles. The number of carbonyl (C=O) groups is 1. The van der Waals surface area contributed by atoms with Gasteiger partial charge < -0.3 is 14.6 Å². The third kappa shape index (κ3) is 6.55. The monoisotopic (exact) mass is 523 g/mol. The fraction of sp³-hybridized carbons (Fsp3) is 0.240. The van der Waals surface area contributed by atoms with E-state index in [0.29, 0.717) is 11.3 Å². The number of sulfonamides is 1. The van der Waals surface area contributed by atoms with Gasteiger partial charge in [0.25, 0.3) is 0 Å². The van der Waals surface area contributed by atoms with E-state index in [0.717, 1.165) is 22.5 Å². The summed E-state index contributed by atoms with van der Waals surface area (Å²) in [5.74, 6) is -0.380. The summed E-state index contributed by atoms with van der Waals surface area (Å²) in [5, 5.41) is 9.01. The Morgan fingerprint density at radius 2 is 1.69 bits per heavy atom. The van der Waals surface area contributed by atoms with Crippen LogP contribution in [0.5, 0.6) is 17.2 Å². The second-order valence-electron chi connectivity index (χ2n) is 7.75. The average molecular weight is 524 g/mol. The van der Waals surface area contributed by atoms with Gasteiger partial charge >= 0.3 is 12.1 Å². The maximum absolute atomic E-state index is 13.5. The van der Waals surface area contributed by atoms with Crippen LogP contribution >= 0.6 is 0 Å². The zero-order valence-electron chi connectivity index (χ0n) is 19.4. The van der Waals surface area contributed by atoms with E-state index in [2.05, 4.69) is 0 Å². The number of aliphatic carboxylic acids is 1. The Bertz CT molecular complexity index is 1320. The van der Waals surface area contributed by atoms with Crippen molar-refractivity contribution < 1.29 is 41.0 Å². The normalized spacial score (nSPS) is 11.9. The molecule has 0 aromatic heterocycles. The third-order valence-electron chi connectivity index (χ3n) is 5.27. The highest BCUT2D eigenvalue weighted by atomic mass is 32.2. The smallest absolute Gasteiger partial charge is 0.416 e. The number of ether oxygens (including phenoxy) is 2. The minimum absolute atomic E-state index is 0.00704. The molecule has 0 unspecified atom stereocenters. The van der Waals surface area contributed by atoms with Crippen LogP contribution in [0.25, 0.3) is 0 Å². The first-order valence-electron chi connectivity index (χ1n) is 10.8. The number of benzene rings is 3. The lowest BCUT2D eigenvalue weighted by atomic mass is 10.1. The largest absolute Gasteiger partial charge is 0.497 e. The zero-order chi connectivity index (χ0) is 26.5. The highest BCUT2D eigenvalue weighted by Crippen LogP contribution is 2.35. The Hall–Kier alpha value is -3.57. The maximum Gasteiger partial charge on any atom is 0.416 e. The van der Waals surface area contributed by atoms with Crippen molar-refractivity contribution in [1.82, 2.24) is 4.31 Å². The van der Waals surface area contributed by atoms with E-state index in [9.17, 15) is 26.4 Å². The molecule has 0 heterocycles. The number of carboxylic acids is 1. The molecule has 0 bridgehead atoms. The molecule has 3 aromatic carbocycles. The van der Waals surface area contributed by atoms with Crippen LogP contribution in [0, 0.1) is 0 Å². The highest BCUT2D eigenvalue weighted by Gasteiger charge is 2.32. The fourth-order valence-electron chi connectivity index (χ4n) is 3.45. The van der Waals surface area contributed by atoms with Crippen molar-refractivity contribution in [2.75, 3.05) is 13.7 Å². The predicted octanol–water partition coefficient (Wildman–Crippen LogP) is 5.34. The molecule has 0 amide bonds.